The number of para-hydroxylation sites is 1. The number of rotatable bonds is 6. The minimum absolute atomic E-state index is 0.0783. The van der Waals surface area contributed by atoms with E-state index in [-0.39, 0.29) is 17.1 Å². The smallest absolute Gasteiger partial charge is 0.170 e. The van der Waals surface area contributed by atoms with Crippen LogP contribution in [0, 0.1) is 11.3 Å². The molecule has 21 heavy (non-hydrogen) atoms. The topological polar surface area (TPSA) is 35.5 Å². The van der Waals surface area contributed by atoms with E-state index in [4.69, 9.17) is 9.47 Å². The molecule has 1 aliphatic carbocycles. The maximum absolute atomic E-state index is 13.0. The van der Waals surface area contributed by atoms with Crippen LogP contribution in [0.3, 0.4) is 0 Å². The van der Waals surface area contributed by atoms with Crippen LogP contribution in [0.5, 0.6) is 5.75 Å². The van der Waals surface area contributed by atoms with Crippen molar-refractivity contribution in [3.63, 3.8) is 0 Å². The van der Waals surface area contributed by atoms with Crippen LogP contribution >= 0.6 is 0 Å². The number of Topliss-reactive ketones (excluding diaryl/α,β-unsaturated/α-hetero) is 1. The van der Waals surface area contributed by atoms with Gasteiger partial charge in [-0.3, -0.25) is 4.79 Å². The van der Waals surface area contributed by atoms with Gasteiger partial charge in [-0.15, -0.1) is 0 Å². The van der Waals surface area contributed by atoms with Crippen molar-refractivity contribution in [1.82, 2.24) is 0 Å². The molecule has 1 saturated carbocycles. The zero-order valence-electron chi connectivity index (χ0n) is 13.4. The van der Waals surface area contributed by atoms with Gasteiger partial charge < -0.3 is 9.47 Å². The van der Waals surface area contributed by atoms with E-state index >= 15 is 0 Å². The van der Waals surface area contributed by atoms with Crippen molar-refractivity contribution in [3.8, 4) is 5.75 Å². The monoisotopic (exact) mass is 290 g/mol. The van der Waals surface area contributed by atoms with Gasteiger partial charge >= 0.3 is 0 Å². The molecule has 1 unspecified atom stereocenters. The Balaban J connectivity index is 2.18. The zero-order chi connectivity index (χ0) is 15.3. The van der Waals surface area contributed by atoms with Gasteiger partial charge in [0.05, 0.1) is 12.2 Å². The van der Waals surface area contributed by atoms with E-state index in [9.17, 15) is 4.79 Å². The molecule has 0 radical (unpaired) electrons. The minimum atomic E-state index is 0.0783. The SMILES string of the molecule is COCCOc1ccccc1C(=O)C1CCCCC1(C)C. The molecule has 1 aromatic rings. The Morgan fingerprint density at radius 2 is 2.00 bits per heavy atom. The highest BCUT2D eigenvalue weighted by Gasteiger charge is 2.38. The van der Waals surface area contributed by atoms with Crippen LogP contribution in [0.1, 0.15) is 49.9 Å². The molecule has 3 nitrogen and oxygen atoms in total. The number of ketones is 1. The first-order valence-corrected chi connectivity index (χ1v) is 7.81. The van der Waals surface area contributed by atoms with Crippen molar-refractivity contribution in [2.24, 2.45) is 11.3 Å². The molecule has 2 rings (SSSR count). The van der Waals surface area contributed by atoms with E-state index in [1.54, 1.807) is 7.11 Å². The highest BCUT2D eigenvalue weighted by atomic mass is 16.5. The second-order valence-electron chi connectivity index (χ2n) is 6.49. The van der Waals surface area contributed by atoms with Gasteiger partial charge in [-0.2, -0.15) is 0 Å². The fraction of sp³-hybridized carbons (Fsp3) is 0.611. The lowest BCUT2D eigenvalue weighted by Gasteiger charge is -2.37. The number of ether oxygens (including phenoxy) is 2. The summed E-state index contributed by atoms with van der Waals surface area (Å²) in [7, 11) is 1.64. The number of hydrogen-bond acceptors (Lipinski definition) is 3. The van der Waals surface area contributed by atoms with Gasteiger partial charge in [0, 0.05) is 13.0 Å². The van der Waals surface area contributed by atoms with E-state index in [1.807, 2.05) is 24.3 Å². The molecular formula is C18H26O3. The predicted molar refractivity (Wildman–Crippen MR) is 83.9 cm³/mol. The van der Waals surface area contributed by atoms with Gasteiger partial charge in [-0.1, -0.05) is 38.8 Å². The summed E-state index contributed by atoms with van der Waals surface area (Å²) in [4.78, 5) is 13.0. The van der Waals surface area contributed by atoms with Crippen molar-refractivity contribution in [3.05, 3.63) is 29.8 Å². The van der Waals surface area contributed by atoms with Crippen LogP contribution in [-0.2, 0) is 4.74 Å². The molecular weight excluding hydrogens is 264 g/mol. The molecule has 0 aliphatic heterocycles. The molecule has 1 fully saturated rings. The lowest BCUT2D eigenvalue weighted by atomic mass is 9.66. The summed E-state index contributed by atoms with van der Waals surface area (Å²) in [5.41, 5.74) is 0.795. The average Bonchev–Trinajstić information content (AvgIpc) is 2.47. The number of benzene rings is 1. The third-order valence-electron chi connectivity index (χ3n) is 4.52. The summed E-state index contributed by atoms with van der Waals surface area (Å²) >= 11 is 0. The highest BCUT2D eigenvalue weighted by molar-refractivity contribution is 6.00. The molecule has 0 heterocycles. The lowest BCUT2D eigenvalue weighted by Crippen LogP contribution is -2.34. The molecule has 0 amide bonds. The Morgan fingerprint density at radius 3 is 2.71 bits per heavy atom. The van der Waals surface area contributed by atoms with Gasteiger partial charge in [0.2, 0.25) is 0 Å². The van der Waals surface area contributed by atoms with Gasteiger partial charge in [0.25, 0.3) is 0 Å². The summed E-state index contributed by atoms with van der Waals surface area (Å²) in [5, 5.41) is 0. The Morgan fingerprint density at radius 1 is 1.24 bits per heavy atom. The first kappa shape index (κ1) is 16.0. The standard InChI is InChI=1S/C18H26O3/c1-18(2)11-7-6-9-15(18)17(19)14-8-4-5-10-16(14)21-13-12-20-3/h4-5,8,10,15H,6-7,9,11-13H2,1-3H3. The van der Waals surface area contributed by atoms with Crippen LogP contribution in [0.25, 0.3) is 0 Å². The second kappa shape index (κ2) is 7.08. The fourth-order valence-corrected chi connectivity index (χ4v) is 3.20. The predicted octanol–water partition coefficient (Wildman–Crippen LogP) is 4.11. The molecule has 0 N–H and O–H groups in total. The van der Waals surface area contributed by atoms with Crippen molar-refractivity contribution < 1.29 is 14.3 Å². The number of hydrogen-bond donors (Lipinski definition) is 0. The van der Waals surface area contributed by atoms with Crippen molar-refractivity contribution in [2.75, 3.05) is 20.3 Å². The fourth-order valence-electron chi connectivity index (χ4n) is 3.20. The number of carbonyl (C=O) groups is 1. The zero-order valence-corrected chi connectivity index (χ0v) is 13.4. The molecule has 0 spiro atoms. The highest BCUT2D eigenvalue weighted by Crippen LogP contribution is 2.43. The Hall–Kier alpha value is -1.35. The van der Waals surface area contributed by atoms with Crippen LogP contribution in [0.2, 0.25) is 0 Å². The van der Waals surface area contributed by atoms with E-state index in [0.29, 0.717) is 24.5 Å². The number of methoxy groups -OCH3 is 1. The van der Waals surface area contributed by atoms with Gasteiger partial charge in [0.1, 0.15) is 12.4 Å². The third-order valence-corrected chi connectivity index (χ3v) is 4.52. The van der Waals surface area contributed by atoms with Crippen molar-refractivity contribution in [2.45, 2.75) is 39.5 Å². The lowest BCUT2D eigenvalue weighted by molar-refractivity contribution is 0.0691. The molecule has 1 aliphatic rings. The Labute approximate surface area is 127 Å². The summed E-state index contributed by atoms with van der Waals surface area (Å²) < 4.78 is 10.7. The van der Waals surface area contributed by atoms with Gasteiger partial charge in [-0.25, -0.2) is 0 Å². The molecule has 0 bridgehead atoms. The van der Waals surface area contributed by atoms with Gasteiger partial charge in [0.15, 0.2) is 5.78 Å². The summed E-state index contributed by atoms with van der Waals surface area (Å²) in [6, 6.07) is 7.57. The van der Waals surface area contributed by atoms with Crippen LogP contribution < -0.4 is 4.74 Å². The van der Waals surface area contributed by atoms with Crippen LogP contribution in [0.4, 0.5) is 0 Å². The summed E-state index contributed by atoms with van der Waals surface area (Å²) in [6.07, 6.45) is 4.48. The normalized spacial score (nSPS) is 21.0. The average molecular weight is 290 g/mol. The van der Waals surface area contributed by atoms with E-state index in [0.717, 1.165) is 19.3 Å². The molecule has 0 aromatic heterocycles. The van der Waals surface area contributed by atoms with Crippen molar-refractivity contribution >= 4 is 5.78 Å². The Kier molecular flexibility index (Phi) is 5.40. The molecule has 0 saturated heterocycles. The largest absolute Gasteiger partial charge is 0.490 e. The second-order valence-corrected chi connectivity index (χ2v) is 6.49. The first-order chi connectivity index (χ1) is 10.1. The van der Waals surface area contributed by atoms with Crippen molar-refractivity contribution in [1.29, 1.82) is 0 Å². The minimum Gasteiger partial charge on any atom is -0.490 e. The quantitative estimate of drug-likeness (QED) is 0.584. The van der Waals surface area contributed by atoms with E-state index < -0.39 is 0 Å². The third kappa shape index (κ3) is 3.85. The van der Waals surface area contributed by atoms with Crippen LogP contribution in [-0.4, -0.2) is 26.1 Å². The molecule has 3 heteroatoms. The molecule has 1 atom stereocenters. The van der Waals surface area contributed by atoms with E-state index in [2.05, 4.69) is 13.8 Å². The molecule has 116 valence electrons. The number of carbonyl (C=O) groups excluding carboxylic acids is 1. The van der Waals surface area contributed by atoms with Crippen LogP contribution in [0.15, 0.2) is 24.3 Å². The molecule has 1 aromatic carbocycles. The Bertz CT molecular complexity index is 479. The summed E-state index contributed by atoms with van der Waals surface area (Å²) in [5.74, 6) is 1.01. The van der Waals surface area contributed by atoms with Gasteiger partial charge in [-0.05, 0) is 30.4 Å². The summed E-state index contributed by atoms with van der Waals surface area (Å²) in [6.45, 7) is 5.42. The maximum atomic E-state index is 13.0. The first-order valence-electron chi connectivity index (χ1n) is 7.81. The van der Waals surface area contributed by atoms with E-state index in [1.165, 1.54) is 6.42 Å². The maximum Gasteiger partial charge on any atom is 0.170 e.